The summed E-state index contributed by atoms with van der Waals surface area (Å²) in [6.07, 6.45) is 0.670. The number of phenolic OH excluding ortho intramolecular Hbond substituents is 1. The van der Waals surface area contributed by atoms with E-state index in [-0.39, 0.29) is 17.3 Å². The Kier molecular flexibility index (Phi) is 6.46. The molecule has 0 saturated carbocycles. The number of piperidine rings is 1. The van der Waals surface area contributed by atoms with Crippen LogP contribution in [0.4, 0.5) is 10.3 Å². The van der Waals surface area contributed by atoms with Gasteiger partial charge in [-0.3, -0.25) is 4.90 Å². The predicted octanol–water partition coefficient (Wildman–Crippen LogP) is 4.78. The summed E-state index contributed by atoms with van der Waals surface area (Å²) in [6, 6.07) is 8.18. The molecule has 32 heavy (non-hydrogen) atoms. The second kappa shape index (κ2) is 9.13. The molecule has 1 saturated heterocycles. The van der Waals surface area contributed by atoms with E-state index in [1.807, 2.05) is 0 Å². The van der Waals surface area contributed by atoms with E-state index < -0.39 is 11.6 Å². The van der Waals surface area contributed by atoms with Crippen molar-refractivity contribution in [1.29, 1.82) is 0 Å². The molecule has 0 unspecified atom stereocenters. The quantitative estimate of drug-likeness (QED) is 0.439. The van der Waals surface area contributed by atoms with Crippen LogP contribution in [0.5, 0.6) is 5.75 Å². The number of alkyl halides is 1. The summed E-state index contributed by atoms with van der Waals surface area (Å²) in [7, 11) is 1.32. The van der Waals surface area contributed by atoms with Gasteiger partial charge in [0.15, 0.2) is 0 Å². The Bertz CT molecular complexity index is 1150. The number of hydrogen-bond donors (Lipinski definition) is 3. The van der Waals surface area contributed by atoms with Crippen molar-refractivity contribution in [2.75, 3.05) is 32.1 Å². The molecule has 2 aromatic carbocycles. The molecule has 0 spiro atoms. The van der Waals surface area contributed by atoms with Crippen LogP contribution in [0.25, 0.3) is 11.0 Å². The third kappa shape index (κ3) is 4.92. The fourth-order valence-corrected chi connectivity index (χ4v) is 4.38. The molecule has 10 heteroatoms. The molecular formula is C22H23Cl2FN4O3. The van der Waals surface area contributed by atoms with E-state index in [4.69, 9.17) is 27.9 Å². The monoisotopic (exact) mass is 480 g/mol. The van der Waals surface area contributed by atoms with E-state index in [1.54, 1.807) is 24.3 Å². The Labute approximate surface area is 194 Å². The Morgan fingerprint density at radius 2 is 2.06 bits per heavy atom. The van der Waals surface area contributed by atoms with Crippen LogP contribution in [0, 0.1) is 0 Å². The Morgan fingerprint density at radius 1 is 1.31 bits per heavy atom. The van der Waals surface area contributed by atoms with E-state index >= 15 is 4.39 Å². The van der Waals surface area contributed by atoms with Gasteiger partial charge < -0.3 is 20.1 Å². The van der Waals surface area contributed by atoms with Crippen molar-refractivity contribution in [3.05, 3.63) is 51.5 Å². The zero-order valence-electron chi connectivity index (χ0n) is 17.4. The lowest BCUT2D eigenvalue weighted by Crippen LogP contribution is -2.45. The van der Waals surface area contributed by atoms with Crippen molar-refractivity contribution in [2.45, 2.75) is 25.1 Å². The summed E-state index contributed by atoms with van der Waals surface area (Å²) < 4.78 is 20.1. The lowest BCUT2D eigenvalue weighted by Gasteiger charge is -2.36. The average molecular weight is 481 g/mol. The first-order chi connectivity index (χ1) is 15.3. The van der Waals surface area contributed by atoms with Crippen molar-refractivity contribution in [3.8, 4) is 5.75 Å². The largest absolute Gasteiger partial charge is 0.506 e. The highest BCUT2D eigenvalue weighted by Crippen LogP contribution is 2.34. The number of methoxy groups -OCH3 is 1. The third-order valence-electron chi connectivity index (χ3n) is 5.73. The molecule has 1 fully saturated rings. The Balaban J connectivity index is 1.34. The number of carbonyl (C=O) groups is 1. The second-order valence-corrected chi connectivity index (χ2v) is 8.83. The van der Waals surface area contributed by atoms with Crippen LogP contribution in [0.15, 0.2) is 30.3 Å². The second-order valence-electron chi connectivity index (χ2n) is 7.98. The molecule has 3 N–H and O–H groups in total. The van der Waals surface area contributed by atoms with Crippen LogP contribution in [0.1, 0.15) is 28.8 Å². The van der Waals surface area contributed by atoms with Gasteiger partial charge in [0.2, 0.25) is 5.95 Å². The van der Waals surface area contributed by atoms with Crippen molar-refractivity contribution < 1.29 is 19.0 Å². The van der Waals surface area contributed by atoms with E-state index in [1.165, 1.54) is 13.2 Å². The van der Waals surface area contributed by atoms with Gasteiger partial charge in [-0.1, -0.05) is 23.2 Å². The van der Waals surface area contributed by atoms with Gasteiger partial charge in [-0.05, 0) is 43.2 Å². The molecule has 1 aromatic heterocycles. The molecule has 2 heterocycles. The van der Waals surface area contributed by atoms with Crippen LogP contribution in [-0.2, 0) is 11.3 Å². The topological polar surface area (TPSA) is 90.5 Å². The number of anilines is 1. The summed E-state index contributed by atoms with van der Waals surface area (Å²) in [4.78, 5) is 21.2. The van der Waals surface area contributed by atoms with Gasteiger partial charge in [0.05, 0.1) is 35.3 Å². The number of hydrogen-bond acceptors (Lipinski definition) is 6. The highest BCUT2D eigenvalue weighted by atomic mass is 35.5. The van der Waals surface area contributed by atoms with Gasteiger partial charge in [-0.15, -0.1) is 0 Å². The SMILES string of the molecule is COC(=O)c1ccc2[nH]c(NCC3(F)CCN(Cc4cc(Cl)cc(Cl)c4O)CC3)nc2c1. The third-order valence-corrected chi connectivity index (χ3v) is 6.24. The standard InChI is InChI=1S/C22H23Cl2FN4O3/c1-32-20(31)13-2-3-17-18(9-13)28-21(27-17)26-12-22(25)4-6-29(7-5-22)11-14-8-15(23)10-16(24)19(14)30/h2-3,8-10,30H,4-7,11-12H2,1H3,(H2,26,27,28). The van der Waals surface area contributed by atoms with Gasteiger partial charge in [-0.25, -0.2) is 14.2 Å². The Morgan fingerprint density at radius 3 is 2.78 bits per heavy atom. The number of H-pyrrole nitrogens is 1. The number of nitrogens with zero attached hydrogens (tertiary/aromatic N) is 2. The molecule has 170 valence electrons. The molecule has 0 aliphatic carbocycles. The minimum Gasteiger partial charge on any atom is -0.506 e. The summed E-state index contributed by atoms with van der Waals surface area (Å²) in [5.41, 5.74) is 0.974. The maximum absolute atomic E-state index is 15.4. The van der Waals surface area contributed by atoms with Crippen molar-refractivity contribution >= 4 is 46.2 Å². The van der Waals surface area contributed by atoms with Crippen LogP contribution in [-0.4, -0.2) is 58.4 Å². The summed E-state index contributed by atoms with van der Waals surface area (Å²) in [5, 5.41) is 13.9. The number of ether oxygens (including phenoxy) is 1. The number of esters is 1. The molecule has 0 radical (unpaired) electrons. The number of likely N-dealkylation sites (tertiary alicyclic amines) is 1. The highest BCUT2D eigenvalue weighted by Gasteiger charge is 2.34. The molecule has 1 aliphatic heterocycles. The highest BCUT2D eigenvalue weighted by molar-refractivity contribution is 6.35. The maximum Gasteiger partial charge on any atom is 0.337 e. The molecule has 0 amide bonds. The molecular weight excluding hydrogens is 458 g/mol. The number of carbonyl (C=O) groups excluding carboxylic acids is 1. The number of aromatic nitrogens is 2. The summed E-state index contributed by atoms with van der Waals surface area (Å²) >= 11 is 12.0. The van der Waals surface area contributed by atoms with Gasteiger partial charge in [-0.2, -0.15) is 0 Å². The fourth-order valence-electron chi connectivity index (χ4n) is 3.85. The summed E-state index contributed by atoms with van der Waals surface area (Å²) in [5.74, 6) is 0.0160. The van der Waals surface area contributed by atoms with Crippen LogP contribution in [0.2, 0.25) is 10.0 Å². The Hall–Kier alpha value is -2.55. The number of benzene rings is 2. The lowest BCUT2D eigenvalue weighted by atomic mass is 9.93. The number of halogens is 3. The molecule has 0 atom stereocenters. The average Bonchev–Trinajstić information content (AvgIpc) is 3.19. The van der Waals surface area contributed by atoms with Crippen molar-refractivity contribution in [2.24, 2.45) is 0 Å². The molecule has 1 aliphatic rings. The van der Waals surface area contributed by atoms with Crippen LogP contribution >= 0.6 is 23.2 Å². The first kappa shape index (κ1) is 22.6. The van der Waals surface area contributed by atoms with Crippen molar-refractivity contribution in [3.63, 3.8) is 0 Å². The molecule has 7 nitrogen and oxygen atoms in total. The number of fused-ring (bicyclic) bond motifs is 1. The van der Waals surface area contributed by atoms with Gasteiger partial charge >= 0.3 is 5.97 Å². The van der Waals surface area contributed by atoms with E-state index in [2.05, 4.69) is 20.2 Å². The first-order valence-electron chi connectivity index (χ1n) is 10.2. The number of rotatable bonds is 6. The zero-order chi connectivity index (χ0) is 22.9. The number of imidazole rings is 1. The maximum atomic E-state index is 15.4. The summed E-state index contributed by atoms with van der Waals surface area (Å²) in [6.45, 7) is 1.62. The van der Waals surface area contributed by atoms with E-state index in [0.29, 0.717) is 60.1 Å². The minimum atomic E-state index is -1.39. The lowest BCUT2D eigenvalue weighted by molar-refractivity contribution is 0.0600. The molecule has 3 aromatic rings. The predicted molar refractivity (Wildman–Crippen MR) is 122 cm³/mol. The van der Waals surface area contributed by atoms with Gasteiger partial charge in [0.1, 0.15) is 11.4 Å². The number of aromatic amines is 1. The smallest absolute Gasteiger partial charge is 0.337 e. The normalized spacial score (nSPS) is 16.2. The number of aromatic hydroxyl groups is 1. The van der Waals surface area contributed by atoms with Crippen molar-refractivity contribution in [1.82, 2.24) is 14.9 Å². The van der Waals surface area contributed by atoms with Crippen LogP contribution < -0.4 is 5.32 Å². The molecule has 0 bridgehead atoms. The van der Waals surface area contributed by atoms with E-state index in [0.717, 1.165) is 5.52 Å². The zero-order valence-corrected chi connectivity index (χ0v) is 18.9. The fraction of sp³-hybridized carbons (Fsp3) is 0.364. The van der Waals surface area contributed by atoms with E-state index in [9.17, 15) is 9.90 Å². The van der Waals surface area contributed by atoms with Gasteiger partial charge in [0.25, 0.3) is 0 Å². The number of nitrogens with one attached hydrogen (secondary N) is 2. The van der Waals surface area contributed by atoms with Gasteiger partial charge in [0, 0.05) is 30.2 Å². The van der Waals surface area contributed by atoms with Crippen LogP contribution in [0.3, 0.4) is 0 Å². The first-order valence-corrected chi connectivity index (χ1v) is 10.9. The minimum absolute atomic E-state index is 0.00932. The molecule has 4 rings (SSSR count). The number of phenols is 1.